The summed E-state index contributed by atoms with van der Waals surface area (Å²) in [6, 6.07) is 26.0. The standard InChI is InChI=1S/C33H36N2O3S/c36-31(26-8-14-30(15-9-26)39(37,38)35-16-4-5-17-35)34-29-12-10-28(11-13-29)33-21-24-18-25(22-33)20-32(19-24,23-33)27-6-2-1-3-7-27/h1-3,6-15,24-25H,4-5,16-23H2,(H,34,36)/t24-,25-,32?,33?/m0/s1. The van der Waals surface area contributed by atoms with E-state index in [1.165, 1.54) is 54.0 Å². The Bertz CT molecular complexity index is 1460. The van der Waals surface area contributed by atoms with Crippen LogP contribution in [0.15, 0.2) is 83.8 Å². The lowest BCUT2D eigenvalue weighted by Crippen LogP contribution is -2.55. The van der Waals surface area contributed by atoms with E-state index in [2.05, 4.69) is 47.8 Å². The Hall–Kier alpha value is -2.96. The first-order chi connectivity index (χ1) is 18.9. The molecule has 4 aliphatic carbocycles. The summed E-state index contributed by atoms with van der Waals surface area (Å²) < 4.78 is 27.1. The number of nitrogens with zero attached hydrogens (tertiary/aromatic N) is 1. The van der Waals surface area contributed by atoms with Crippen LogP contribution in [0, 0.1) is 11.8 Å². The molecule has 2 atom stereocenters. The van der Waals surface area contributed by atoms with E-state index in [1.807, 2.05) is 12.1 Å². The zero-order chi connectivity index (χ0) is 26.7. The Morgan fingerprint density at radius 2 is 1.31 bits per heavy atom. The molecule has 1 aliphatic heterocycles. The normalized spacial score (nSPS) is 29.9. The largest absolute Gasteiger partial charge is 0.322 e. The topological polar surface area (TPSA) is 66.5 Å². The van der Waals surface area contributed by atoms with E-state index in [1.54, 1.807) is 24.3 Å². The van der Waals surface area contributed by atoms with Crippen molar-refractivity contribution in [3.8, 4) is 0 Å². The van der Waals surface area contributed by atoms with Gasteiger partial charge in [0.1, 0.15) is 0 Å². The van der Waals surface area contributed by atoms with Crippen molar-refractivity contribution < 1.29 is 13.2 Å². The van der Waals surface area contributed by atoms with Gasteiger partial charge in [-0.3, -0.25) is 4.79 Å². The van der Waals surface area contributed by atoms with Crippen LogP contribution >= 0.6 is 0 Å². The van der Waals surface area contributed by atoms with Crippen molar-refractivity contribution in [2.45, 2.75) is 67.1 Å². The van der Waals surface area contributed by atoms with Gasteiger partial charge in [-0.2, -0.15) is 4.31 Å². The van der Waals surface area contributed by atoms with Crippen molar-refractivity contribution in [3.05, 3.63) is 95.6 Å². The number of nitrogens with one attached hydrogen (secondary N) is 1. The summed E-state index contributed by atoms with van der Waals surface area (Å²) in [4.78, 5) is 13.2. The highest BCUT2D eigenvalue weighted by Gasteiger charge is 2.58. The molecule has 39 heavy (non-hydrogen) atoms. The summed E-state index contributed by atoms with van der Waals surface area (Å²) >= 11 is 0. The van der Waals surface area contributed by atoms with E-state index >= 15 is 0 Å². The molecule has 1 saturated heterocycles. The van der Waals surface area contributed by atoms with E-state index in [-0.39, 0.29) is 16.2 Å². The first kappa shape index (κ1) is 25.0. The molecule has 8 rings (SSSR count). The fourth-order valence-corrected chi connectivity index (χ4v) is 10.2. The Morgan fingerprint density at radius 3 is 1.90 bits per heavy atom. The monoisotopic (exact) mass is 540 g/mol. The van der Waals surface area contributed by atoms with Gasteiger partial charge < -0.3 is 5.32 Å². The van der Waals surface area contributed by atoms with Crippen LogP contribution in [0.3, 0.4) is 0 Å². The van der Waals surface area contributed by atoms with E-state index in [0.717, 1.165) is 30.4 Å². The van der Waals surface area contributed by atoms with Gasteiger partial charge in [-0.05, 0) is 122 Å². The molecule has 4 saturated carbocycles. The minimum absolute atomic E-state index is 0.221. The second-order valence-electron chi connectivity index (χ2n) is 12.6. The lowest BCUT2D eigenvalue weighted by molar-refractivity contribution is -0.0281. The van der Waals surface area contributed by atoms with Crippen molar-refractivity contribution in [1.29, 1.82) is 0 Å². The third kappa shape index (κ3) is 4.33. The Labute approximate surface area is 231 Å². The Morgan fingerprint density at radius 1 is 0.744 bits per heavy atom. The minimum Gasteiger partial charge on any atom is -0.322 e. The molecule has 3 aromatic carbocycles. The third-order valence-electron chi connectivity index (χ3n) is 10.0. The number of amides is 1. The number of rotatable bonds is 6. The molecule has 5 aliphatic rings. The molecular formula is C33H36N2O3S. The lowest BCUT2D eigenvalue weighted by atomic mass is 9.42. The van der Waals surface area contributed by atoms with Crippen molar-refractivity contribution in [1.82, 2.24) is 4.31 Å². The molecule has 3 aromatic rings. The van der Waals surface area contributed by atoms with Crippen molar-refractivity contribution in [2.24, 2.45) is 11.8 Å². The zero-order valence-electron chi connectivity index (χ0n) is 22.3. The summed E-state index contributed by atoms with van der Waals surface area (Å²) in [6.07, 6.45) is 9.58. The smallest absolute Gasteiger partial charge is 0.255 e. The molecule has 1 N–H and O–H groups in total. The molecule has 6 heteroatoms. The molecule has 202 valence electrons. The molecule has 5 fully saturated rings. The predicted molar refractivity (Wildman–Crippen MR) is 153 cm³/mol. The molecule has 1 amide bonds. The van der Waals surface area contributed by atoms with Gasteiger partial charge in [0.05, 0.1) is 4.90 Å². The van der Waals surface area contributed by atoms with Crippen LogP contribution in [0.2, 0.25) is 0 Å². The summed E-state index contributed by atoms with van der Waals surface area (Å²) in [5, 5.41) is 3.01. The molecule has 0 unspecified atom stereocenters. The summed E-state index contributed by atoms with van der Waals surface area (Å²) in [6.45, 7) is 1.13. The summed E-state index contributed by atoms with van der Waals surface area (Å²) in [5.41, 5.74) is 4.66. The van der Waals surface area contributed by atoms with Crippen molar-refractivity contribution in [3.63, 3.8) is 0 Å². The highest BCUT2D eigenvalue weighted by atomic mass is 32.2. The predicted octanol–water partition coefficient (Wildman–Crippen LogP) is 6.51. The maximum absolute atomic E-state index is 13.0. The van der Waals surface area contributed by atoms with Gasteiger partial charge in [0.2, 0.25) is 10.0 Å². The van der Waals surface area contributed by atoms with Crippen LogP contribution in [0.25, 0.3) is 0 Å². The second-order valence-corrected chi connectivity index (χ2v) is 14.5. The van der Waals surface area contributed by atoms with Gasteiger partial charge in [0.25, 0.3) is 5.91 Å². The SMILES string of the molecule is O=C(Nc1ccc(C23C[C@H]4C[C@@H](CC(c5ccccc5)(C4)C2)C3)cc1)c1ccc(S(=O)(=O)N2CCCC2)cc1. The lowest BCUT2D eigenvalue weighted by Gasteiger charge is -2.62. The second kappa shape index (κ2) is 9.31. The molecule has 1 heterocycles. The molecule has 0 aromatic heterocycles. The van der Waals surface area contributed by atoms with E-state index in [9.17, 15) is 13.2 Å². The van der Waals surface area contributed by atoms with Crippen LogP contribution in [0.1, 0.15) is 72.9 Å². The van der Waals surface area contributed by atoms with Gasteiger partial charge in [0.15, 0.2) is 0 Å². The van der Waals surface area contributed by atoms with E-state index in [4.69, 9.17) is 0 Å². The number of hydrogen-bond donors (Lipinski definition) is 1. The highest BCUT2D eigenvalue weighted by molar-refractivity contribution is 7.89. The fourth-order valence-electron chi connectivity index (χ4n) is 8.70. The summed E-state index contributed by atoms with van der Waals surface area (Å²) in [5.74, 6) is 1.36. The molecule has 0 spiro atoms. The van der Waals surface area contributed by atoms with Gasteiger partial charge >= 0.3 is 0 Å². The van der Waals surface area contributed by atoms with Gasteiger partial charge in [-0.1, -0.05) is 42.5 Å². The van der Waals surface area contributed by atoms with E-state index < -0.39 is 10.0 Å². The van der Waals surface area contributed by atoms with Crippen LogP contribution in [-0.2, 0) is 20.9 Å². The minimum atomic E-state index is -3.48. The third-order valence-corrected chi connectivity index (χ3v) is 11.9. The molecular weight excluding hydrogens is 504 g/mol. The van der Waals surface area contributed by atoms with Crippen LogP contribution < -0.4 is 5.32 Å². The quantitative estimate of drug-likeness (QED) is 0.387. The van der Waals surface area contributed by atoms with Crippen LogP contribution in [-0.4, -0.2) is 31.7 Å². The number of anilines is 1. The van der Waals surface area contributed by atoms with Crippen LogP contribution in [0.4, 0.5) is 5.69 Å². The summed E-state index contributed by atoms with van der Waals surface area (Å²) in [7, 11) is -3.48. The first-order valence-corrected chi connectivity index (χ1v) is 15.9. The molecule has 4 bridgehead atoms. The van der Waals surface area contributed by atoms with Crippen molar-refractivity contribution >= 4 is 21.6 Å². The average molecular weight is 541 g/mol. The van der Waals surface area contributed by atoms with Gasteiger partial charge in [0, 0.05) is 24.3 Å². The number of hydrogen-bond acceptors (Lipinski definition) is 3. The zero-order valence-corrected chi connectivity index (χ0v) is 23.1. The average Bonchev–Trinajstić information content (AvgIpc) is 3.50. The number of carbonyl (C=O) groups excluding carboxylic acids is 1. The van der Waals surface area contributed by atoms with Crippen LogP contribution in [0.5, 0.6) is 0 Å². The maximum atomic E-state index is 13.0. The Balaban J connectivity index is 1.07. The Kier molecular flexibility index (Phi) is 5.98. The first-order valence-electron chi connectivity index (χ1n) is 14.4. The number of carbonyl (C=O) groups is 1. The van der Waals surface area contributed by atoms with Crippen molar-refractivity contribution in [2.75, 3.05) is 18.4 Å². The maximum Gasteiger partial charge on any atom is 0.255 e. The highest BCUT2D eigenvalue weighted by Crippen LogP contribution is 2.66. The van der Waals surface area contributed by atoms with Gasteiger partial charge in [-0.15, -0.1) is 0 Å². The molecule has 0 radical (unpaired) electrons. The fraction of sp³-hybridized carbons (Fsp3) is 0.424. The molecule has 5 nitrogen and oxygen atoms in total. The van der Waals surface area contributed by atoms with Gasteiger partial charge in [-0.25, -0.2) is 8.42 Å². The van der Waals surface area contributed by atoms with E-state index in [0.29, 0.717) is 24.1 Å². The number of sulfonamides is 1. The number of benzene rings is 3.